The van der Waals surface area contributed by atoms with E-state index in [1.807, 2.05) is 0 Å². The molecule has 6 rings (SSSR count). The zero-order valence-corrected chi connectivity index (χ0v) is 20.9. The van der Waals surface area contributed by atoms with Gasteiger partial charge in [0.25, 0.3) is 0 Å². The van der Waals surface area contributed by atoms with Crippen LogP contribution in [0.15, 0.2) is 152 Å². The summed E-state index contributed by atoms with van der Waals surface area (Å²) in [5, 5.41) is 0. The minimum atomic E-state index is 1.22. The van der Waals surface area contributed by atoms with Gasteiger partial charge in [0.1, 0.15) is 0 Å². The highest BCUT2D eigenvalue weighted by molar-refractivity contribution is 6.09. The van der Waals surface area contributed by atoms with Crippen molar-refractivity contribution in [1.29, 1.82) is 0 Å². The third kappa shape index (κ3) is 4.28. The minimum absolute atomic E-state index is 1.22. The van der Waals surface area contributed by atoms with E-state index in [4.69, 9.17) is 0 Å². The van der Waals surface area contributed by atoms with E-state index in [0.29, 0.717) is 0 Å². The molecule has 0 fully saturated rings. The van der Waals surface area contributed by atoms with Crippen LogP contribution in [0.25, 0.3) is 55.6 Å². The van der Waals surface area contributed by atoms with Gasteiger partial charge in [0, 0.05) is 0 Å². The van der Waals surface area contributed by atoms with Crippen LogP contribution < -0.4 is 0 Å². The lowest BCUT2D eigenvalue weighted by atomic mass is 9.76. The maximum atomic E-state index is 2.29. The van der Waals surface area contributed by atoms with Crippen molar-refractivity contribution < 1.29 is 0 Å². The second kappa shape index (κ2) is 10.1. The Morgan fingerprint density at radius 1 is 0.243 bits per heavy atom. The summed E-state index contributed by atoms with van der Waals surface area (Å²) in [5.74, 6) is 0. The second-order valence-corrected chi connectivity index (χ2v) is 9.33. The van der Waals surface area contributed by atoms with E-state index in [2.05, 4.69) is 159 Å². The Morgan fingerprint density at radius 2 is 0.432 bits per heavy atom. The Balaban J connectivity index is 1.89. The van der Waals surface area contributed by atoms with Crippen LogP contribution >= 0.6 is 0 Å². The molecule has 0 unspecified atom stereocenters. The molecule has 0 saturated carbocycles. The summed E-state index contributed by atoms with van der Waals surface area (Å²) in [5.41, 5.74) is 13.8. The molecule has 0 nitrogen and oxygen atoms in total. The average Bonchev–Trinajstić information content (AvgIpc) is 2.98. The molecule has 0 saturated heterocycles. The van der Waals surface area contributed by atoms with Crippen LogP contribution in [0.2, 0.25) is 0 Å². The fraction of sp³-hybridized carbons (Fsp3) is 0.0270. The summed E-state index contributed by atoms with van der Waals surface area (Å²) in [4.78, 5) is 0. The first-order chi connectivity index (χ1) is 18.3. The molecule has 0 aliphatic rings. The van der Waals surface area contributed by atoms with Crippen molar-refractivity contribution in [3.05, 3.63) is 157 Å². The lowest BCUT2D eigenvalue weighted by Gasteiger charge is -2.27. The van der Waals surface area contributed by atoms with Crippen LogP contribution in [0.3, 0.4) is 0 Å². The highest BCUT2D eigenvalue weighted by atomic mass is 14.3. The third-order valence-electron chi connectivity index (χ3n) is 7.06. The Morgan fingerprint density at radius 3 is 0.676 bits per heavy atom. The summed E-state index contributed by atoms with van der Waals surface area (Å²) in [7, 11) is 0. The van der Waals surface area contributed by atoms with Crippen molar-refractivity contribution in [3.63, 3.8) is 0 Å². The van der Waals surface area contributed by atoms with Crippen LogP contribution in [0.5, 0.6) is 0 Å². The molecule has 0 amide bonds. The first-order valence-corrected chi connectivity index (χ1v) is 12.8. The smallest absolute Gasteiger partial charge is 0.00141 e. The monoisotopic (exact) mass is 472 g/mol. The van der Waals surface area contributed by atoms with Gasteiger partial charge in [-0.2, -0.15) is 0 Å². The number of hydrogen-bond acceptors (Lipinski definition) is 0. The van der Waals surface area contributed by atoms with Crippen LogP contribution in [-0.2, 0) is 0 Å². The van der Waals surface area contributed by atoms with E-state index in [1.54, 1.807) is 0 Å². The predicted molar refractivity (Wildman–Crippen MR) is 158 cm³/mol. The highest BCUT2D eigenvalue weighted by Crippen LogP contribution is 2.52. The minimum Gasteiger partial charge on any atom is -0.0622 e. The van der Waals surface area contributed by atoms with E-state index in [0.717, 1.165) is 0 Å². The molecule has 6 aromatic rings. The SMILES string of the molecule is Cc1c(-c2ccccc2)c(-c2ccccc2)c(-c2ccccc2)c(-c2ccccc2)c1-c1ccccc1. The molecule has 0 heterocycles. The van der Waals surface area contributed by atoms with Gasteiger partial charge in [-0.3, -0.25) is 0 Å². The van der Waals surface area contributed by atoms with Gasteiger partial charge < -0.3 is 0 Å². The van der Waals surface area contributed by atoms with Crippen molar-refractivity contribution in [3.8, 4) is 55.6 Å². The molecule has 176 valence electrons. The molecule has 0 radical (unpaired) electrons. The summed E-state index contributed by atoms with van der Waals surface area (Å²) >= 11 is 0. The van der Waals surface area contributed by atoms with Gasteiger partial charge in [-0.05, 0) is 68.1 Å². The van der Waals surface area contributed by atoms with Crippen molar-refractivity contribution in [2.24, 2.45) is 0 Å². The van der Waals surface area contributed by atoms with Crippen LogP contribution in [0, 0.1) is 6.92 Å². The lowest BCUT2D eigenvalue weighted by Crippen LogP contribution is -2.01. The molecule has 0 N–H and O–H groups in total. The van der Waals surface area contributed by atoms with Gasteiger partial charge in [-0.15, -0.1) is 0 Å². The fourth-order valence-corrected chi connectivity index (χ4v) is 5.49. The average molecular weight is 473 g/mol. The van der Waals surface area contributed by atoms with E-state index in [9.17, 15) is 0 Å². The van der Waals surface area contributed by atoms with E-state index < -0.39 is 0 Å². The van der Waals surface area contributed by atoms with Crippen molar-refractivity contribution in [2.45, 2.75) is 6.92 Å². The van der Waals surface area contributed by atoms with Gasteiger partial charge >= 0.3 is 0 Å². The van der Waals surface area contributed by atoms with Crippen molar-refractivity contribution in [2.75, 3.05) is 0 Å². The molecule has 0 aromatic heterocycles. The zero-order valence-electron chi connectivity index (χ0n) is 20.9. The molecular formula is C37H28. The van der Waals surface area contributed by atoms with Crippen LogP contribution in [0.1, 0.15) is 5.56 Å². The summed E-state index contributed by atoms with van der Waals surface area (Å²) < 4.78 is 0. The molecule has 0 spiro atoms. The van der Waals surface area contributed by atoms with E-state index >= 15 is 0 Å². The second-order valence-electron chi connectivity index (χ2n) is 9.33. The summed E-state index contributed by atoms with van der Waals surface area (Å²) in [6.45, 7) is 2.29. The molecule has 0 heteroatoms. The third-order valence-corrected chi connectivity index (χ3v) is 7.06. The first-order valence-electron chi connectivity index (χ1n) is 12.8. The Hall–Kier alpha value is -4.68. The van der Waals surface area contributed by atoms with Gasteiger partial charge in [-0.1, -0.05) is 152 Å². The van der Waals surface area contributed by atoms with E-state index in [-0.39, 0.29) is 0 Å². The van der Waals surface area contributed by atoms with Crippen molar-refractivity contribution in [1.82, 2.24) is 0 Å². The number of hydrogen-bond donors (Lipinski definition) is 0. The van der Waals surface area contributed by atoms with Gasteiger partial charge in [-0.25, -0.2) is 0 Å². The first kappa shape index (κ1) is 22.8. The largest absolute Gasteiger partial charge is 0.0622 e. The predicted octanol–water partition coefficient (Wildman–Crippen LogP) is 10.3. The molecular weight excluding hydrogens is 444 g/mol. The molecule has 0 atom stereocenters. The Kier molecular flexibility index (Phi) is 6.23. The fourth-order valence-electron chi connectivity index (χ4n) is 5.49. The zero-order chi connectivity index (χ0) is 25.0. The maximum Gasteiger partial charge on any atom is -0.00141 e. The van der Waals surface area contributed by atoms with Gasteiger partial charge in [0.2, 0.25) is 0 Å². The molecule has 37 heavy (non-hydrogen) atoms. The lowest BCUT2D eigenvalue weighted by molar-refractivity contribution is 1.43. The molecule has 6 aromatic carbocycles. The van der Waals surface area contributed by atoms with Crippen LogP contribution in [-0.4, -0.2) is 0 Å². The van der Waals surface area contributed by atoms with E-state index in [1.165, 1.54) is 61.2 Å². The molecule has 0 aliphatic heterocycles. The normalized spacial score (nSPS) is 10.8. The quantitative estimate of drug-likeness (QED) is 0.234. The highest BCUT2D eigenvalue weighted by Gasteiger charge is 2.26. The number of benzene rings is 6. The van der Waals surface area contributed by atoms with Crippen molar-refractivity contribution >= 4 is 0 Å². The Bertz CT molecular complexity index is 1510. The summed E-state index contributed by atoms with van der Waals surface area (Å²) in [6.07, 6.45) is 0. The Labute approximate surface area is 219 Å². The summed E-state index contributed by atoms with van der Waals surface area (Å²) in [6, 6.07) is 54.3. The van der Waals surface area contributed by atoms with Gasteiger partial charge in [0.15, 0.2) is 0 Å². The van der Waals surface area contributed by atoms with Crippen LogP contribution in [0.4, 0.5) is 0 Å². The molecule has 0 bridgehead atoms. The number of rotatable bonds is 5. The molecule has 0 aliphatic carbocycles. The topological polar surface area (TPSA) is 0 Å². The standard InChI is InChI=1S/C37H28/c1-27-33(28-17-7-2-8-18-28)35(30-21-11-4-12-22-30)37(32-25-15-6-16-26-32)36(31-23-13-5-14-24-31)34(27)29-19-9-3-10-20-29/h2-26H,1H3. The maximum absolute atomic E-state index is 2.29. The van der Waals surface area contributed by atoms with Gasteiger partial charge in [0.05, 0.1) is 0 Å².